The van der Waals surface area contributed by atoms with Gasteiger partial charge in [0, 0.05) is 45.3 Å². The second-order valence-electron chi connectivity index (χ2n) is 7.83. The van der Waals surface area contributed by atoms with Crippen LogP contribution in [0.3, 0.4) is 0 Å². The molecule has 10 heteroatoms. The van der Waals surface area contributed by atoms with E-state index in [2.05, 4.69) is 0 Å². The molecule has 33 heavy (non-hydrogen) atoms. The van der Waals surface area contributed by atoms with Crippen molar-refractivity contribution in [2.45, 2.75) is 18.7 Å². The van der Waals surface area contributed by atoms with E-state index >= 15 is 0 Å². The Labute approximate surface area is 198 Å². The van der Waals surface area contributed by atoms with Crippen LogP contribution in [0.5, 0.6) is 17.2 Å². The Kier molecular flexibility index (Phi) is 4.60. The van der Waals surface area contributed by atoms with Crippen molar-refractivity contribution in [1.29, 1.82) is 0 Å². The highest BCUT2D eigenvalue weighted by atomic mass is 35.5. The minimum atomic E-state index is -0.748. The minimum Gasteiger partial charge on any atom is -0.464 e. The average molecular weight is 484 g/mol. The Balaban J connectivity index is 1.46. The highest BCUT2D eigenvalue weighted by Crippen LogP contribution is 2.49. The van der Waals surface area contributed by atoms with Crippen LogP contribution >= 0.6 is 23.2 Å². The number of benzene rings is 3. The lowest BCUT2D eigenvalue weighted by molar-refractivity contribution is -0.385. The van der Waals surface area contributed by atoms with E-state index in [9.17, 15) is 10.1 Å². The molecule has 166 valence electrons. The predicted molar refractivity (Wildman–Crippen MR) is 121 cm³/mol. The number of hydrogen-bond acceptors (Lipinski definition) is 7. The first-order valence-electron chi connectivity index (χ1n) is 10.1. The van der Waals surface area contributed by atoms with Gasteiger partial charge in [-0.25, -0.2) is 5.01 Å². The van der Waals surface area contributed by atoms with Gasteiger partial charge in [-0.05, 0) is 42.5 Å². The van der Waals surface area contributed by atoms with Crippen LogP contribution in [0, 0.1) is 10.1 Å². The number of nitrogens with zero attached hydrogens (tertiary/aromatic N) is 3. The van der Waals surface area contributed by atoms with Gasteiger partial charge < -0.3 is 14.2 Å². The lowest BCUT2D eigenvalue weighted by Gasteiger charge is -2.38. The molecule has 0 bridgehead atoms. The number of rotatable bonds is 3. The largest absolute Gasteiger partial charge is 0.464 e. The van der Waals surface area contributed by atoms with E-state index in [0.717, 1.165) is 16.8 Å². The summed E-state index contributed by atoms with van der Waals surface area (Å²) in [6.07, 6.45) is -0.165. The van der Waals surface area contributed by atoms with Crippen LogP contribution in [0.25, 0.3) is 0 Å². The third kappa shape index (κ3) is 3.34. The van der Waals surface area contributed by atoms with Crippen molar-refractivity contribution >= 4 is 34.6 Å². The molecular formula is C23H15Cl2N3O5. The molecule has 0 fully saturated rings. The van der Waals surface area contributed by atoms with E-state index in [1.54, 1.807) is 17.1 Å². The molecule has 0 aliphatic carbocycles. The van der Waals surface area contributed by atoms with E-state index in [1.165, 1.54) is 18.2 Å². The van der Waals surface area contributed by atoms with Gasteiger partial charge in [0.1, 0.15) is 5.75 Å². The predicted octanol–water partition coefficient (Wildman–Crippen LogP) is 5.87. The molecule has 0 amide bonds. The third-order valence-electron chi connectivity index (χ3n) is 5.91. The molecule has 0 saturated heterocycles. The number of nitro benzene ring substituents is 1. The second kappa shape index (κ2) is 7.54. The summed E-state index contributed by atoms with van der Waals surface area (Å²) in [5, 5.41) is 19.0. The maximum Gasteiger partial charge on any atom is 0.270 e. The van der Waals surface area contributed by atoms with Gasteiger partial charge in [0.05, 0.1) is 16.7 Å². The SMILES string of the molecule is O=[N+]([O-])c1ccc(Cl)c([C@@H]2Oc3ccc(Cl)cc3[C@@H]3CC(c4ccc5c(c4)OCO5)=NN32)c1. The molecule has 3 aromatic carbocycles. The third-order valence-corrected chi connectivity index (χ3v) is 6.49. The summed E-state index contributed by atoms with van der Waals surface area (Å²) in [6.45, 7) is 0.188. The number of hydrogen-bond donors (Lipinski definition) is 0. The van der Waals surface area contributed by atoms with Crippen molar-refractivity contribution in [2.24, 2.45) is 5.10 Å². The zero-order chi connectivity index (χ0) is 22.7. The van der Waals surface area contributed by atoms with Gasteiger partial charge in [-0.2, -0.15) is 5.10 Å². The van der Waals surface area contributed by atoms with E-state index in [4.69, 9.17) is 42.5 Å². The quantitative estimate of drug-likeness (QED) is 0.341. The number of non-ortho nitro benzene ring substituents is 1. The fourth-order valence-corrected chi connectivity index (χ4v) is 4.74. The van der Waals surface area contributed by atoms with Gasteiger partial charge in [0.25, 0.3) is 5.69 Å². The highest BCUT2D eigenvalue weighted by Gasteiger charge is 2.42. The monoisotopic (exact) mass is 483 g/mol. The summed E-state index contributed by atoms with van der Waals surface area (Å²) < 4.78 is 17.2. The summed E-state index contributed by atoms with van der Waals surface area (Å²) in [5.41, 5.74) is 2.99. The smallest absolute Gasteiger partial charge is 0.270 e. The zero-order valence-corrected chi connectivity index (χ0v) is 18.4. The Hall–Kier alpha value is -3.49. The van der Waals surface area contributed by atoms with Crippen molar-refractivity contribution in [2.75, 3.05) is 6.79 Å². The van der Waals surface area contributed by atoms with E-state index < -0.39 is 11.2 Å². The van der Waals surface area contributed by atoms with Gasteiger partial charge in [0.2, 0.25) is 13.0 Å². The molecule has 0 spiro atoms. The lowest BCUT2D eigenvalue weighted by atomic mass is 9.95. The Morgan fingerprint density at radius 3 is 2.64 bits per heavy atom. The topological polar surface area (TPSA) is 86.4 Å². The van der Waals surface area contributed by atoms with Gasteiger partial charge in [0.15, 0.2) is 11.5 Å². The molecule has 0 saturated carbocycles. The lowest BCUT2D eigenvalue weighted by Crippen LogP contribution is -2.34. The zero-order valence-electron chi connectivity index (χ0n) is 16.9. The summed E-state index contributed by atoms with van der Waals surface area (Å²) >= 11 is 12.7. The molecule has 3 heterocycles. The maximum absolute atomic E-state index is 11.4. The normalized spacial score (nSPS) is 20.1. The first kappa shape index (κ1) is 20.1. The van der Waals surface area contributed by atoms with Crippen LogP contribution in [-0.2, 0) is 0 Å². The first-order chi connectivity index (χ1) is 16.0. The van der Waals surface area contributed by atoms with Crippen molar-refractivity contribution in [3.8, 4) is 17.2 Å². The summed E-state index contributed by atoms with van der Waals surface area (Å²) in [5.74, 6) is 1.99. The van der Waals surface area contributed by atoms with Crippen LogP contribution in [0.1, 0.15) is 35.4 Å². The number of nitro groups is 1. The van der Waals surface area contributed by atoms with Crippen molar-refractivity contribution < 1.29 is 19.1 Å². The second-order valence-corrected chi connectivity index (χ2v) is 8.67. The fourth-order valence-electron chi connectivity index (χ4n) is 4.35. The Bertz CT molecular complexity index is 1350. The molecule has 0 N–H and O–H groups in total. The van der Waals surface area contributed by atoms with Crippen LogP contribution in [0.2, 0.25) is 10.0 Å². The van der Waals surface area contributed by atoms with E-state index in [0.29, 0.717) is 39.3 Å². The van der Waals surface area contributed by atoms with Gasteiger partial charge in [-0.3, -0.25) is 10.1 Å². The van der Waals surface area contributed by atoms with Crippen LogP contribution in [0.4, 0.5) is 5.69 Å². The molecule has 0 aromatic heterocycles. The van der Waals surface area contributed by atoms with Gasteiger partial charge >= 0.3 is 0 Å². The molecule has 3 aliphatic rings. The molecule has 6 rings (SSSR count). The molecular weight excluding hydrogens is 469 g/mol. The summed E-state index contributed by atoms with van der Waals surface area (Å²) in [7, 11) is 0. The van der Waals surface area contributed by atoms with E-state index in [1.807, 2.05) is 24.3 Å². The molecule has 3 aliphatic heterocycles. The van der Waals surface area contributed by atoms with Crippen LogP contribution < -0.4 is 14.2 Å². The molecule has 0 unspecified atom stereocenters. The Morgan fingerprint density at radius 2 is 1.79 bits per heavy atom. The van der Waals surface area contributed by atoms with Crippen LogP contribution in [0.15, 0.2) is 59.7 Å². The summed E-state index contributed by atoms with van der Waals surface area (Å²) in [4.78, 5) is 10.9. The summed E-state index contributed by atoms with van der Waals surface area (Å²) in [6, 6.07) is 15.2. The number of fused-ring (bicyclic) bond motifs is 4. The highest BCUT2D eigenvalue weighted by molar-refractivity contribution is 6.31. The van der Waals surface area contributed by atoms with Gasteiger partial charge in [-0.1, -0.05) is 23.2 Å². The fraction of sp³-hybridized carbons (Fsp3) is 0.174. The molecule has 0 radical (unpaired) electrons. The first-order valence-corrected chi connectivity index (χ1v) is 10.9. The van der Waals surface area contributed by atoms with Crippen molar-refractivity contribution in [1.82, 2.24) is 5.01 Å². The van der Waals surface area contributed by atoms with Crippen molar-refractivity contribution in [3.63, 3.8) is 0 Å². The van der Waals surface area contributed by atoms with Crippen molar-refractivity contribution in [3.05, 3.63) is 91.4 Å². The van der Waals surface area contributed by atoms with E-state index in [-0.39, 0.29) is 18.5 Å². The number of ether oxygens (including phenoxy) is 3. The molecule has 8 nitrogen and oxygen atoms in total. The maximum atomic E-state index is 11.4. The molecule has 3 aromatic rings. The standard InChI is InChI=1S/C23H15Cl2N3O5/c24-13-2-6-20-16(8-13)19-10-18(12-1-5-21-22(7-12)32-11-31-21)26-27(19)23(33-20)15-9-14(28(29)30)3-4-17(15)25/h1-9,19,23H,10-11H2/t19-,23-/m0/s1. The minimum absolute atomic E-state index is 0.0735. The van der Waals surface area contributed by atoms with Gasteiger partial charge in [-0.15, -0.1) is 0 Å². The average Bonchev–Trinajstić information content (AvgIpc) is 3.46. The number of hydrazone groups is 1. The number of halogens is 2. The van der Waals surface area contributed by atoms with Crippen LogP contribution in [-0.4, -0.2) is 22.4 Å². The Morgan fingerprint density at radius 1 is 0.970 bits per heavy atom. The molecule has 2 atom stereocenters.